The van der Waals surface area contributed by atoms with Crippen molar-refractivity contribution in [3.63, 3.8) is 0 Å². The van der Waals surface area contributed by atoms with Gasteiger partial charge < -0.3 is 14.7 Å². The van der Waals surface area contributed by atoms with E-state index in [0.717, 1.165) is 0 Å². The van der Waals surface area contributed by atoms with Crippen molar-refractivity contribution in [2.24, 2.45) is 5.92 Å². The molecule has 0 atom stereocenters. The summed E-state index contributed by atoms with van der Waals surface area (Å²) >= 11 is 0. The Morgan fingerprint density at radius 1 is 1.30 bits per heavy atom. The molecular weight excluding hydrogens is 300 g/mol. The predicted octanol–water partition coefficient (Wildman–Crippen LogP) is 1.74. The zero-order valence-electron chi connectivity index (χ0n) is 13.2. The molecule has 0 unspecified atom stereocenters. The van der Waals surface area contributed by atoms with E-state index in [0.29, 0.717) is 10.2 Å². The van der Waals surface area contributed by atoms with E-state index in [-0.39, 0.29) is 35.9 Å². The van der Waals surface area contributed by atoms with Crippen LogP contribution in [0.2, 0.25) is 0 Å². The Bertz CT molecular complexity index is 743. The van der Waals surface area contributed by atoms with Gasteiger partial charge >= 0.3 is 17.6 Å². The molecule has 0 bridgehead atoms. The van der Waals surface area contributed by atoms with Gasteiger partial charge in [0.25, 0.3) is 0 Å². The Labute approximate surface area is 133 Å². The van der Waals surface area contributed by atoms with Crippen LogP contribution in [0.25, 0.3) is 11.0 Å². The van der Waals surface area contributed by atoms with Crippen LogP contribution < -0.4 is 4.73 Å². The molecule has 0 saturated heterocycles. The van der Waals surface area contributed by atoms with Crippen LogP contribution in [0, 0.1) is 11.1 Å². The van der Waals surface area contributed by atoms with Crippen molar-refractivity contribution in [1.82, 2.24) is 4.98 Å². The minimum absolute atomic E-state index is 0.0719. The van der Waals surface area contributed by atoms with Crippen molar-refractivity contribution in [2.45, 2.75) is 26.9 Å². The fourth-order valence-electron chi connectivity index (χ4n) is 2.11. The summed E-state index contributed by atoms with van der Waals surface area (Å²) in [7, 11) is 1.17. The van der Waals surface area contributed by atoms with Crippen LogP contribution in [0.4, 0.5) is 0 Å². The van der Waals surface area contributed by atoms with Gasteiger partial charge in [-0.3, -0.25) is 4.79 Å². The quantitative estimate of drug-likeness (QED) is 0.474. The van der Waals surface area contributed by atoms with Crippen LogP contribution in [-0.2, 0) is 20.9 Å². The van der Waals surface area contributed by atoms with Gasteiger partial charge in [0.1, 0.15) is 12.1 Å². The summed E-state index contributed by atoms with van der Waals surface area (Å²) in [5, 5.41) is 12.4. The van der Waals surface area contributed by atoms with Crippen LogP contribution >= 0.6 is 0 Å². The van der Waals surface area contributed by atoms with Crippen molar-refractivity contribution in [1.29, 1.82) is 0 Å². The third-order valence-electron chi connectivity index (χ3n) is 3.16. The monoisotopic (exact) mass is 318 g/mol. The summed E-state index contributed by atoms with van der Waals surface area (Å²) in [5.74, 6) is -1.09. The lowest BCUT2D eigenvalue weighted by Gasteiger charge is -2.11. The van der Waals surface area contributed by atoms with Gasteiger partial charge in [-0.05, 0) is 12.0 Å². The molecule has 7 nitrogen and oxygen atoms in total. The SMILES string of the molecule is COC(=O)c1c(COC(=O)CC(C)C)nc2ccccc2[n+]1[O-]. The molecule has 0 saturated carbocycles. The zero-order chi connectivity index (χ0) is 17.0. The van der Waals surface area contributed by atoms with Crippen molar-refractivity contribution < 1.29 is 23.8 Å². The van der Waals surface area contributed by atoms with E-state index in [4.69, 9.17) is 4.74 Å². The van der Waals surface area contributed by atoms with Crippen molar-refractivity contribution in [3.8, 4) is 0 Å². The minimum atomic E-state index is -0.826. The maximum atomic E-state index is 12.4. The summed E-state index contributed by atoms with van der Waals surface area (Å²) < 4.78 is 10.2. The third-order valence-corrected chi connectivity index (χ3v) is 3.16. The molecule has 0 amide bonds. The highest BCUT2D eigenvalue weighted by atomic mass is 16.5. The van der Waals surface area contributed by atoms with Crippen LogP contribution in [0.15, 0.2) is 24.3 Å². The maximum Gasteiger partial charge on any atom is 0.406 e. The summed E-state index contributed by atoms with van der Waals surface area (Å²) in [6, 6.07) is 6.59. The fraction of sp³-hybridized carbons (Fsp3) is 0.375. The molecule has 0 aliphatic carbocycles. The first-order valence-corrected chi connectivity index (χ1v) is 7.19. The van der Waals surface area contributed by atoms with E-state index in [1.54, 1.807) is 24.3 Å². The van der Waals surface area contributed by atoms with Gasteiger partial charge in [-0.2, -0.15) is 4.73 Å². The normalized spacial score (nSPS) is 10.8. The smallest absolute Gasteiger partial charge is 0.406 e. The molecule has 2 aromatic rings. The largest absolute Gasteiger partial charge is 0.618 e. The number of ether oxygens (including phenoxy) is 2. The molecule has 2 rings (SSSR count). The standard InChI is InChI=1S/C16H18N2O5/c1-10(2)8-14(19)23-9-12-15(16(20)22-3)18(21)13-7-5-4-6-11(13)17-12/h4-7,10H,8-9H2,1-3H3. The molecule has 0 N–H and O–H groups in total. The number of carbonyl (C=O) groups is 2. The first-order chi connectivity index (χ1) is 10.9. The Balaban J connectivity index is 2.40. The Hall–Kier alpha value is -2.70. The lowest BCUT2D eigenvalue weighted by atomic mass is 10.1. The second kappa shape index (κ2) is 7.04. The topological polar surface area (TPSA) is 92.4 Å². The van der Waals surface area contributed by atoms with E-state index in [1.165, 1.54) is 7.11 Å². The lowest BCUT2D eigenvalue weighted by molar-refractivity contribution is -0.581. The number of aromatic nitrogens is 2. The number of carbonyl (C=O) groups excluding carboxylic acids is 2. The molecule has 7 heteroatoms. The maximum absolute atomic E-state index is 12.4. The van der Waals surface area contributed by atoms with Crippen LogP contribution in [0.3, 0.4) is 0 Å². The van der Waals surface area contributed by atoms with Crippen molar-refractivity contribution in [3.05, 3.63) is 40.9 Å². The summed E-state index contributed by atoms with van der Waals surface area (Å²) in [5.41, 5.74) is 0.446. The van der Waals surface area contributed by atoms with Crippen molar-refractivity contribution in [2.75, 3.05) is 7.11 Å². The number of rotatable bonds is 5. The molecule has 0 spiro atoms. The molecule has 0 fully saturated rings. The Morgan fingerprint density at radius 3 is 2.65 bits per heavy atom. The molecule has 0 aliphatic heterocycles. The van der Waals surface area contributed by atoms with Crippen LogP contribution in [-0.4, -0.2) is 24.0 Å². The van der Waals surface area contributed by atoms with Crippen LogP contribution in [0.1, 0.15) is 36.5 Å². The van der Waals surface area contributed by atoms with Crippen LogP contribution in [0.5, 0.6) is 0 Å². The average molecular weight is 318 g/mol. The number of esters is 2. The number of nitrogens with zero attached hydrogens (tertiary/aromatic N) is 2. The first kappa shape index (κ1) is 16.7. The second-order valence-electron chi connectivity index (χ2n) is 5.44. The number of hydrogen-bond acceptors (Lipinski definition) is 6. The van der Waals surface area contributed by atoms with Gasteiger partial charge in [0.2, 0.25) is 5.52 Å². The third kappa shape index (κ3) is 3.74. The Morgan fingerprint density at radius 2 is 2.00 bits per heavy atom. The van der Waals surface area contributed by atoms with Gasteiger partial charge in [0, 0.05) is 12.5 Å². The van der Waals surface area contributed by atoms with E-state index < -0.39 is 11.9 Å². The number of benzene rings is 1. The predicted molar refractivity (Wildman–Crippen MR) is 81.3 cm³/mol. The minimum Gasteiger partial charge on any atom is -0.618 e. The van der Waals surface area contributed by atoms with Gasteiger partial charge in [0.15, 0.2) is 5.69 Å². The van der Waals surface area contributed by atoms with Gasteiger partial charge in [-0.1, -0.05) is 26.0 Å². The van der Waals surface area contributed by atoms with E-state index >= 15 is 0 Å². The molecular formula is C16H18N2O5. The summed E-state index contributed by atoms with van der Waals surface area (Å²) in [4.78, 5) is 27.8. The summed E-state index contributed by atoms with van der Waals surface area (Å²) in [6.45, 7) is 3.52. The molecule has 122 valence electrons. The lowest BCUT2D eigenvalue weighted by Crippen LogP contribution is -2.38. The van der Waals surface area contributed by atoms with Gasteiger partial charge in [-0.25, -0.2) is 9.78 Å². The highest BCUT2D eigenvalue weighted by Crippen LogP contribution is 2.13. The molecule has 1 aromatic heterocycles. The van der Waals surface area contributed by atoms with Crippen molar-refractivity contribution >= 4 is 23.0 Å². The van der Waals surface area contributed by atoms with Gasteiger partial charge in [-0.15, -0.1) is 0 Å². The number of para-hydroxylation sites is 2. The molecule has 1 aromatic carbocycles. The van der Waals surface area contributed by atoms with E-state index in [2.05, 4.69) is 9.72 Å². The molecule has 23 heavy (non-hydrogen) atoms. The van der Waals surface area contributed by atoms with E-state index in [1.807, 2.05) is 13.8 Å². The molecule has 1 heterocycles. The molecule has 0 aliphatic rings. The van der Waals surface area contributed by atoms with Gasteiger partial charge in [0.05, 0.1) is 7.11 Å². The highest BCUT2D eigenvalue weighted by molar-refractivity contribution is 5.88. The number of hydrogen-bond donors (Lipinski definition) is 0. The number of methoxy groups -OCH3 is 1. The van der Waals surface area contributed by atoms with E-state index in [9.17, 15) is 14.8 Å². The highest BCUT2D eigenvalue weighted by Gasteiger charge is 2.27. The fourth-order valence-corrected chi connectivity index (χ4v) is 2.11. The average Bonchev–Trinajstić information content (AvgIpc) is 2.52. The Kier molecular flexibility index (Phi) is 5.10. The zero-order valence-corrected chi connectivity index (χ0v) is 13.2. The second-order valence-corrected chi connectivity index (χ2v) is 5.44. The molecule has 0 radical (unpaired) electrons. The first-order valence-electron chi connectivity index (χ1n) is 7.19. The number of fused-ring (bicyclic) bond motifs is 1. The summed E-state index contributed by atoms with van der Waals surface area (Å²) in [6.07, 6.45) is 0.249.